The molecule has 2 aromatic carbocycles. The average molecular weight is 430 g/mol. The first-order chi connectivity index (χ1) is 13.0. The third-order valence-electron chi connectivity index (χ3n) is 2.97. The number of hydrogen-bond acceptors (Lipinski definition) is 7. The van der Waals surface area contributed by atoms with E-state index >= 15 is 0 Å². The summed E-state index contributed by atoms with van der Waals surface area (Å²) in [4.78, 5) is 9.92. The molecule has 5 N–H and O–H groups in total. The number of nitrogens with one attached hydrogen (secondary N) is 1. The summed E-state index contributed by atoms with van der Waals surface area (Å²) in [6.07, 6.45) is 1.23. The molecular weight excluding hydrogens is 414 g/mol. The Morgan fingerprint density at radius 2 is 1.89 bits per heavy atom. The van der Waals surface area contributed by atoms with Gasteiger partial charge in [-0.3, -0.25) is 19.9 Å². The molecular formula is C15H16ClN5O6S. The molecule has 0 amide bonds. The lowest BCUT2D eigenvalue weighted by Crippen LogP contribution is -2.27. The smallest absolute Gasteiger partial charge is 0.294 e. The van der Waals surface area contributed by atoms with E-state index in [0.29, 0.717) is 5.56 Å². The van der Waals surface area contributed by atoms with Gasteiger partial charge in [0.25, 0.3) is 15.8 Å². The van der Waals surface area contributed by atoms with Gasteiger partial charge in [-0.15, -0.1) is 5.10 Å². The van der Waals surface area contributed by atoms with Crippen LogP contribution in [0.2, 0.25) is 5.02 Å². The van der Waals surface area contributed by atoms with E-state index in [9.17, 15) is 18.5 Å². The molecule has 0 atom stereocenters. The second-order valence-electron chi connectivity index (χ2n) is 5.10. The highest BCUT2D eigenvalue weighted by atomic mass is 35.5. The van der Waals surface area contributed by atoms with Crippen LogP contribution >= 0.6 is 11.6 Å². The zero-order chi connectivity index (χ0) is 21.3. The van der Waals surface area contributed by atoms with Crippen molar-refractivity contribution in [3.63, 3.8) is 0 Å². The van der Waals surface area contributed by atoms with Crippen molar-refractivity contribution < 1.29 is 23.1 Å². The predicted octanol–water partition coefficient (Wildman–Crippen LogP) is 2.12. The van der Waals surface area contributed by atoms with Gasteiger partial charge in [0.2, 0.25) is 5.96 Å². The van der Waals surface area contributed by atoms with Crippen LogP contribution in [0.3, 0.4) is 0 Å². The summed E-state index contributed by atoms with van der Waals surface area (Å²) in [5.41, 5.74) is 7.81. The lowest BCUT2D eigenvalue weighted by atomic mass is 10.2. The highest BCUT2D eigenvalue weighted by Gasteiger charge is 2.11. The molecule has 0 bridgehead atoms. The van der Waals surface area contributed by atoms with Gasteiger partial charge < -0.3 is 5.73 Å². The molecule has 0 aromatic heterocycles. The number of hydroxylamine groups is 1. The molecule has 0 spiro atoms. The zero-order valence-corrected chi connectivity index (χ0v) is 15.9. The minimum atomic E-state index is -4.02. The Labute approximate surface area is 165 Å². The van der Waals surface area contributed by atoms with Gasteiger partial charge >= 0.3 is 0 Å². The fourth-order valence-electron chi connectivity index (χ4n) is 1.64. The molecule has 0 saturated carbocycles. The number of nitro benzene ring substituents is 1. The molecule has 0 aliphatic heterocycles. The van der Waals surface area contributed by atoms with Crippen molar-refractivity contribution in [1.82, 2.24) is 5.48 Å². The third kappa shape index (κ3) is 7.67. The molecule has 0 unspecified atom stereocenters. The van der Waals surface area contributed by atoms with Crippen LogP contribution in [0.4, 0.5) is 5.69 Å². The lowest BCUT2D eigenvalue weighted by Gasteiger charge is -1.96. The van der Waals surface area contributed by atoms with E-state index in [1.807, 2.05) is 6.92 Å². The lowest BCUT2D eigenvalue weighted by molar-refractivity contribution is -0.384. The Kier molecular flexibility index (Phi) is 8.47. The summed E-state index contributed by atoms with van der Waals surface area (Å²) in [7, 11) is -4.02. The molecule has 13 heteroatoms. The fraction of sp³-hybridized carbons (Fsp3) is 0.0667. The van der Waals surface area contributed by atoms with Crippen molar-refractivity contribution in [3.05, 3.63) is 68.7 Å². The van der Waals surface area contributed by atoms with E-state index in [4.69, 9.17) is 27.1 Å². The molecule has 0 heterocycles. The van der Waals surface area contributed by atoms with Gasteiger partial charge in [0.1, 0.15) is 5.02 Å². The van der Waals surface area contributed by atoms with Crippen molar-refractivity contribution >= 4 is 39.6 Å². The van der Waals surface area contributed by atoms with Crippen LogP contribution in [0.15, 0.2) is 57.6 Å². The predicted molar refractivity (Wildman–Crippen MR) is 103 cm³/mol. The first-order valence-corrected chi connectivity index (χ1v) is 9.11. The van der Waals surface area contributed by atoms with Crippen LogP contribution in [0.1, 0.15) is 11.1 Å². The van der Waals surface area contributed by atoms with Gasteiger partial charge in [-0.2, -0.15) is 13.5 Å². The van der Waals surface area contributed by atoms with E-state index in [1.165, 1.54) is 36.5 Å². The second kappa shape index (κ2) is 10.3. The van der Waals surface area contributed by atoms with Crippen molar-refractivity contribution in [1.29, 1.82) is 0 Å². The van der Waals surface area contributed by atoms with Gasteiger partial charge in [0, 0.05) is 11.6 Å². The molecule has 0 fully saturated rings. The van der Waals surface area contributed by atoms with Crippen LogP contribution < -0.4 is 11.2 Å². The number of nitrogens with zero attached hydrogens (tertiary/aromatic N) is 3. The van der Waals surface area contributed by atoms with Crippen LogP contribution in [0, 0.1) is 17.0 Å². The standard InChI is InChI=1S/C8H8ClN5O3.C7H8O3S/c9-6-2-1-5(3-7(6)14(16)17)4-11-12-8(10)13-15;1-6-2-4-7(5-3-6)11(8,9)10/h1-4,15H,(H3,10,12,13);2-5H,1H3,(H,8,9,10)/b11-4+;. The molecule has 11 nitrogen and oxygen atoms in total. The number of nitrogens with two attached hydrogens (primary N) is 1. The highest BCUT2D eigenvalue weighted by Crippen LogP contribution is 2.24. The van der Waals surface area contributed by atoms with Gasteiger partial charge in [-0.25, -0.2) is 5.48 Å². The number of guanidine groups is 1. The van der Waals surface area contributed by atoms with Crippen LogP contribution in [-0.2, 0) is 10.1 Å². The third-order valence-corrected chi connectivity index (χ3v) is 4.16. The average Bonchev–Trinajstić information content (AvgIpc) is 2.62. The topological polar surface area (TPSA) is 181 Å². The van der Waals surface area contributed by atoms with Crippen LogP contribution in [-0.4, -0.2) is 35.3 Å². The Morgan fingerprint density at radius 1 is 1.29 bits per heavy atom. The van der Waals surface area contributed by atoms with Crippen molar-refractivity contribution in [2.24, 2.45) is 15.9 Å². The van der Waals surface area contributed by atoms with Crippen LogP contribution in [0.5, 0.6) is 0 Å². The Hall–Kier alpha value is -3.06. The van der Waals surface area contributed by atoms with Gasteiger partial charge in [-0.05, 0) is 25.1 Å². The largest absolute Gasteiger partial charge is 0.367 e. The number of hydrogen-bond donors (Lipinski definition) is 4. The molecule has 0 radical (unpaired) electrons. The maximum absolute atomic E-state index is 10.6. The summed E-state index contributed by atoms with van der Waals surface area (Å²) in [5, 5.41) is 25.7. The Bertz CT molecular complexity index is 992. The number of halogens is 1. The maximum atomic E-state index is 10.6. The maximum Gasteiger partial charge on any atom is 0.294 e. The number of nitro groups is 1. The van der Waals surface area contributed by atoms with Gasteiger partial charge in [-0.1, -0.05) is 35.4 Å². The van der Waals surface area contributed by atoms with Crippen molar-refractivity contribution in [2.75, 3.05) is 0 Å². The van der Waals surface area contributed by atoms with E-state index in [1.54, 1.807) is 17.6 Å². The minimum Gasteiger partial charge on any atom is -0.367 e. The van der Waals surface area contributed by atoms with E-state index in [2.05, 4.69) is 10.2 Å². The molecule has 0 aliphatic carbocycles. The number of aryl methyl sites for hydroxylation is 1. The first-order valence-electron chi connectivity index (χ1n) is 7.29. The normalized spacial score (nSPS) is 11.6. The van der Waals surface area contributed by atoms with Gasteiger partial charge in [0.15, 0.2) is 0 Å². The fourth-order valence-corrected chi connectivity index (χ4v) is 2.31. The molecule has 0 saturated heterocycles. The molecule has 0 aliphatic rings. The summed E-state index contributed by atoms with van der Waals surface area (Å²) < 4.78 is 29.6. The monoisotopic (exact) mass is 429 g/mol. The molecule has 150 valence electrons. The number of rotatable bonds is 4. The van der Waals surface area contributed by atoms with Gasteiger partial charge in [0.05, 0.1) is 16.0 Å². The quantitative estimate of drug-likeness (QED) is 0.187. The second-order valence-corrected chi connectivity index (χ2v) is 6.93. The summed E-state index contributed by atoms with van der Waals surface area (Å²) >= 11 is 5.62. The molecule has 2 aromatic rings. The minimum absolute atomic E-state index is 0.0344. The van der Waals surface area contributed by atoms with E-state index in [0.717, 1.165) is 5.56 Å². The summed E-state index contributed by atoms with van der Waals surface area (Å²) in [5.74, 6) is -0.301. The summed E-state index contributed by atoms with van der Waals surface area (Å²) in [6.45, 7) is 1.84. The zero-order valence-electron chi connectivity index (χ0n) is 14.4. The Morgan fingerprint density at radius 3 is 2.39 bits per heavy atom. The van der Waals surface area contributed by atoms with Crippen LogP contribution in [0.25, 0.3) is 0 Å². The highest BCUT2D eigenvalue weighted by molar-refractivity contribution is 7.85. The van der Waals surface area contributed by atoms with E-state index < -0.39 is 15.0 Å². The van der Waals surface area contributed by atoms with Crippen molar-refractivity contribution in [3.8, 4) is 0 Å². The summed E-state index contributed by atoms with van der Waals surface area (Å²) in [6, 6.07) is 10.1. The first kappa shape index (κ1) is 23.0. The Balaban J connectivity index is 0.000000307. The van der Waals surface area contributed by atoms with Crippen molar-refractivity contribution in [2.45, 2.75) is 11.8 Å². The molecule has 28 heavy (non-hydrogen) atoms. The van der Waals surface area contributed by atoms with E-state index in [-0.39, 0.29) is 21.6 Å². The number of benzene rings is 2. The SMILES string of the molecule is Cc1ccc(S(=O)(=O)O)cc1.NC(=N/N=C/c1ccc(Cl)c([N+](=O)[O-])c1)NO. The molecule has 2 rings (SSSR count).